The quantitative estimate of drug-likeness (QED) is 0.0191. The summed E-state index contributed by atoms with van der Waals surface area (Å²) in [6.45, 7) is 14.5. The van der Waals surface area contributed by atoms with Crippen molar-refractivity contribution in [3.05, 3.63) is 119 Å². The van der Waals surface area contributed by atoms with Crippen LogP contribution in [0.4, 0.5) is 30.2 Å². The average Bonchev–Trinajstić information content (AvgIpc) is 1.16. The number of sulfone groups is 1. The third kappa shape index (κ3) is 13.8. The summed E-state index contributed by atoms with van der Waals surface area (Å²) in [5.74, 6) is -3.00. The van der Waals surface area contributed by atoms with E-state index in [0.717, 1.165) is 79.6 Å². The summed E-state index contributed by atoms with van der Waals surface area (Å²) in [5.41, 5.74) is 0.233. The van der Waals surface area contributed by atoms with Gasteiger partial charge >= 0.3 is 5.51 Å². The lowest BCUT2D eigenvalue weighted by atomic mass is 9.31. The van der Waals surface area contributed by atoms with E-state index in [-0.39, 0.29) is 35.6 Å². The van der Waals surface area contributed by atoms with Gasteiger partial charge in [0, 0.05) is 91.9 Å². The monoisotopic (exact) mass is 1280 g/mol. The number of sulfonamides is 1. The van der Waals surface area contributed by atoms with Crippen LogP contribution in [0.5, 0.6) is 0 Å². The molecule has 8 aliphatic rings. The van der Waals surface area contributed by atoms with Gasteiger partial charge in [-0.25, -0.2) is 21.6 Å². The van der Waals surface area contributed by atoms with Gasteiger partial charge in [0.15, 0.2) is 0 Å². The Bertz CT molecular complexity index is 3610. The van der Waals surface area contributed by atoms with E-state index < -0.39 is 82.5 Å². The minimum absolute atomic E-state index is 0.00374. The van der Waals surface area contributed by atoms with Crippen LogP contribution in [0.2, 0.25) is 0 Å². The van der Waals surface area contributed by atoms with E-state index in [2.05, 4.69) is 56.7 Å². The number of alkyl halides is 3. The molecule has 12 rings (SSSR count). The summed E-state index contributed by atoms with van der Waals surface area (Å²) < 4.78 is 99.9. The Hall–Kier alpha value is -6.31. The Balaban J connectivity index is 0.677. The molecule has 2 bridgehead atoms. The van der Waals surface area contributed by atoms with Crippen LogP contribution in [-0.2, 0) is 29.4 Å². The molecule has 3 saturated carbocycles. The number of nitrogens with zero attached hydrogens (tertiary/aromatic N) is 4. The fourth-order valence-electron chi connectivity index (χ4n) is 14.5. The van der Waals surface area contributed by atoms with Crippen molar-refractivity contribution in [1.82, 2.24) is 30.1 Å². The minimum Gasteiger partial charge on any atom is -0.384 e. The molecule has 24 heteroatoms. The van der Waals surface area contributed by atoms with Gasteiger partial charge in [-0.15, -0.1) is 11.8 Å². The molecule has 4 aliphatic heterocycles. The molecule has 5 N–H and O–H groups in total. The molecule has 6 fully saturated rings. The molecule has 4 aromatic carbocycles. The molecule has 0 radical (unpaired) electrons. The summed E-state index contributed by atoms with van der Waals surface area (Å²) in [6.07, 6.45) is 11.6. The number of nitrogens with one attached hydrogen (secondary N) is 5. The van der Waals surface area contributed by atoms with Crippen molar-refractivity contribution in [2.45, 2.75) is 143 Å². The number of hydrogen-bond acceptors (Lipinski definition) is 16. The summed E-state index contributed by atoms with van der Waals surface area (Å²) in [6, 6.07) is 21.7. The maximum atomic E-state index is 14.5. The van der Waals surface area contributed by atoms with Gasteiger partial charge < -0.3 is 25.8 Å². The molecule has 3 saturated heterocycles. The lowest BCUT2D eigenvalue weighted by Crippen LogP contribution is -2.63. The number of rotatable bonds is 24. The van der Waals surface area contributed by atoms with Crippen molar-refractivity contribution in [1.29, 1.82) is 0 Å². The molecule has 0 aromatic heterocycles. The highest BCUT2D eigenvalue weighted by Crippen LogP contribution is 2.79. The van der Waals surface area contributed by atoms with E-state index in [4.69, 9.17) is 0 Å². The second-order valence-corrected chi connectivity index (χ2v) is 30.9. The number of piperazine rings is 1. The Kier molecular flexibility index (Phi) is 18.6. The standard InChI is InChI=1S/C65H80F3N9O9S3/c1-4-63-40-64(41-63,42-63)51-37-62(2,3)26-22-44(51)38-75-32-34-76(35-33-75)47-16-14-43(15-17-47)58(79)73-89(85,86)49-18-19-52(55(36-49)88(83,84)65(66,67)68)71-46(39-87-48-10-6-5-7-11-48)25-31-74-29-23-45(24-30-74)69-27-9-28-70-53-13-8-12-50-57(53)61(82)77(60(50)81)54-20-21-56(78)72-59(54)80/h5-8,10-19,36,45-46,54,69-71H,4,9,20-35,37-42H2,1-3H3,(H,73,79)(H,72,78,80)/t46-,54?,63?,64?/m1/s1. The van der Waals surface area contributed by atoms with Gasteiger partial charge in [0.25, 0.3) is 37.6 Å². The zero-order valence-corrected chi connectivity index (χ0v) is 53.1. The van der Waals surface area contributed by atoms with Gasteiger partial charge in [0.05, 0.1) is 21.7 Å². The van der Waals surface area contributed by atoms with Crippen LogP contribution in [0.3, 0.4) is 0 Å². The first kappa shape index (κ1) is 64.2. The highest BCUT2D eigenvalue weighted by Gasteiger charge is 2.68. The number of carbonyl (C=O) groups is 5. The van der Waals surface area contributed by atoms with Crippen molar-refractivity contribution in [3.8, 4) is 0 Å². The first-order chi connectivity index (χ1) is 42.4. The number of thioether (sulfide) groups is 1. The molecule has 4 aliphatic carbocycles. The van der Waals surface area contributed by atoms with Crippen molar-refractivity contribution in [2.24, 2.45) is 16.2 Å². The third-order valence-electron chi connectivity index (χ3n) is 19.6. The van der Waals surface area contributed by atoms with Crippen LogP contribution in [0.1, 0.15) is 135 Å². The molecular weight excluding hydrogens is 1200 g/mol. The van der Waals surface area contributed by atoms with Gasteiger partial charge in [-0.1, -0.05) is 62.6 Å². The molecule has 4 aromatic rings. The fourth-order valence-corrected chi connectivity index (χ4v) is 17.5. The topological polar surface area (TPSA) is 227 Å². The van der Waals surface area contributed by atoms with Crippen LogP contribution in [0.15, 0.2) is 117 Å². The molecule has 2 atom stereocenters. The smallest absolute Gasteiger partial charge is 0.384 e. The van der Waals surface area contributed by atoms with Gasteiger partial charge in [-0.3, -0.25) is 39.1 Å². The van der Waals surface area contributed by atoms with Crippen LogP contribution >= 0.6 is 11.8 Å². The molecule has 0 spiro atoms. The summed E-state index contributed by atoms with van der Waals surface area (Å²) in [5, 5.41) is 12.1. The maximum Gasteiger partial charge on any atom is 0.501 e. The van der Waals surface area contributed by atoms with Crippen molar-refractivity contribution < 1.29 is 54.0 Å². The lowest BCUT2D eigenvalue weighted by Gasteiger charge is -2.73. The molecular formula is C65H80F3N9O9S3. The van der Waals surface area contributed by atoms with Crippen LogP contribution in [0.25, 0.3) is 0 Å². The number of allylic oxidation sites excluding steroid dienone is 1. The Morgan fingerprint density at radius 1 is 0.798 bits per heavy atom. The number of imide groups is 2. The SMILES string of the molecule is CCC12CC(C3=C(CN4CCN(c5ccc(C(=O)NS(=O)(=O)c6ccc(N[C@H](CCN7CCC(NCCCNc8cccc9c8C(=O)N(C8CCC(=O)NC8=O)C9=O)CC7)CSc7ccccc7)c(S(=O)(=O)C(F)(F)F)c6)cc5)CC4)CCC(C)(C)C3)(C1)C2. The van der Waals surface area contributed by atoms with Crippen molar-refractivity contribution in [3.63, 3.8) is 0 Å². The zero-order valence-electron chi connectivity index (χ0n) is 50.7. The van der Waals surface area contributed by atoms with Crippen LogP contribution < -0.4 is 30.9 Å². The summed E-state index contributed by atoms with van der Waals surface area (Å²) in [4.78, 5) is 71.3. The van der Waals surface area contributed by atoms with E-state index in [1.165, 1.54) is 62.4 Å². The minimum atomic E-state index is -6.13. The number of amides is 5. The average molecular weight is 1280 g/mol. The fraction of sp³-hybridized carbons (Fsp3) is 0.523. The third-order valence-corrected chi connectivity index (χ3v) is 23.6. The highest BCUT2D eigenvalue weighted by molar-refractivity contribution is 7.99. The largest absolute Gasteiger partial charge is 0.501 e. The number of hydrogen-bond donors (Lipinski definition) is 5. The number of carbonyl (C=O) groups excluding carboxylic acids is 5. The molecule has 1 unspecified atom stereocenters. The summed E-state index contributed by atoms with van der Waals surface area (Å²) >= 11 is 1.43. The number of halogens is 3. The Morgan fingerprint density at radius 3 is 2.20 bits per heavy atom. The molecule has 478 valence electrons. The number of benzene rings is 4. The van der Waals surface area contributed by atoms with Gasteiger partial charge in [-0.2, -0.15) is 13.2 Å². The maximum absolute atomic E-state index is 14.5. The normalized spacial score (nSPS) is 23.8. The zero-order chi connectivity index (χ0) is 63.1. The number of piperidine rings is 2. The van der Waals surface area contributed by atoms with E-state index >= 15 is 0 Å². The number of anilines is 3. The van der Waals surface area contributed by atoms with E-state index in [1.54, 1.807) is 41.5 Å². The first-order valence-electron chi connectivity index (χ1n) is 31.2. The molecule has 18 nitrogen and oxygen atoms in total. The van der Waals surface area contributed by atoms with E-state index in [9.17, 15) is 54.0 Å². The lowest BCUT2D eigenvalue weighted by molar-refractivity contribution is -0.182. The first-order valence-corrected chi connectivity index (χ1v) is 35.1. The molecule has 4 heterocycles. The highest BCUT2D eigenvalue weighted by atomic mass is 32.2. The van der Waals surface area contributed by atoms with Gasteiger partial charge in [0.1, 0.15) is 10.9 Å². The van der Waals surface area contributed by atoms with Gasteiger partial charge in [0.2, 0.25) is 11.8 Å². The van der Waals surface area contributed by atoms with E-state index in [1.807, 2.05) is 35.1 Å². The number of likely N-dealkylation sites (tertiary alicyclic amines) is 1. The van der Waals surface area contributed by atoms with Crippen molar-refractivity contribution >= 4 is 78.2 Å². The van der Waals surface area contributed by atoms with Crippen molar-refractivity contribution in [2.75, 3.05) is 86.7 Å². The van der Waals surface area contributed by atoms with Crippen LogP contribution in [0, 0.1) is 16.2 Å². The predicted molar refractivity (Wildman–Crippen MR) is 336 cm³/mol. The summed E-state index contributed by atoms with van der Waals surface area (Å²) in [7, 11) is -11.0. The Labute approximate surface area is 523 Å². The second kappa shape index (κ2) is 25.8. The Morgan fingerprint density at radius 2 is 1.52 bits per heavy atom. The predicted octanol–water partition coefficient (Wildman–Crippen LogP) is 9.23. The van der Waals surface area contributed by atoms with Gasteiger partial charge in [-0.05, 0) is 173 Å². The molecule has 5 amide bonds. The second-order valence-electron chi connectivity index (χ2n) is 26.2. The van der Waals surface area contributed by atoms with Crippen LogP contribution in [-0.4, -0.2) is 156 Å². The van der Waals surface area contributed by atoms with E-state index in [0.29, 0.717) is 79.3 Å². The number of fused-ring (bicyclic) bond motifs is 1. The molecule has 89 heavy (non-hydrogen) atoms.